The van der Waals surface area contributed by atoms with E-state index in [9.17, 15) is 18.4 Å². The molecule has 1 aliphatic heterocycles. The number of rotatable bonds is 8. The second kappa shape index (κ2) is 11.5. The van der Waals surface area contributed by atoms with Gasteiger partial charge in [0.05, 0.1) is 25.4 Å². The van der Waals surface area contributed by atoms with Gasteiger partial charge >= 0.3 is 6.61 Å². The van der Waals surface area contributed by atoms with Crippen LogP contribution in [-0.4, -0.2) is 61.2 Å². The molecule has 0 spiro atoms. The van der Waals surface area contributed by atoms with E-state index in [0.29, 0.717) is 32.0 Å². The molecule has 4 rings (SSSR count). The number of nitrogens with zero attached hydrogens (tertiary/aromatic N) is 2. The number of benzene rings is 2. The Morgan fingerprint density at radius 3 is 2.49 bits per heavy atom. The molecular formula is C25H24F2N4O4. The summed E-state index contributed by atoms with van der Waals surface area (Å²) in [4.78, 5) is 31.3. The lowest BCUT2D eigenvalue weighted by atomic mass is 10.1. The lowest BCUT2D eigenvalue weighted by molar-refractivity contribution is -0.118. The fourth-order valence-corrected chi connectivity index (χ4v) is 3.60. The maximum Gasteiger partial charge on any atom is 0.387 e. The van der Waals surface area contributed by atoms with E-state index in [1.54, 1.807) is 24.5 Å². The van der Waals surface area contributed by atoms with Crippen molar-refractivity contribution < 1.29 is 27.8 Å². The normalized spacial score (nSPS) is 13.9. The molecule has 3 aromatic rings. The summed E-state index contributed by atoms with van der Waals surface area (Å²) in [5, 5.41) is 5.35. The van der Waals surface area contributed by atoms with Crippen molar-refractivity contribution in [2.75, 3.05) is 43.5 Å². The quantitative estimate of drug-likeness (QED) is 0.506. The summed E-state index contributed by atoms with van der Waals surface area (Å²) in [6.45, 7) is -0.788. The molecule has 1 fully saturated rings. The van der Waals surface area contributed by atoms with Crippen LogP contribution in [0.4, 0.5) is 20.2 Å². The molecule has 0 bridgehead atoms. The highest BCUT2D eigenvalue weighted by Crippen LogP contribution is 2.28. The number of morpholine rings is 1. The van der Waals surface area contributed by atoms with Crippen LogP contribution in [0.3, 0.4) is 0 Å². The van der Waals surface area contributed by atoms with Crippen molar-refractivity contribution >= 4 is 23.2 Å². The average Bonchev–Trinajstić information content (AvgIpc) is 2.86. The molecule has 2 amide bonds. The number of hydrogen-bond acceptors (Lipinski definition) is 6. The summed E-state index contributed by atoms with van der Waals surface area (Å²) in [6.07, 6.45) is 3.43. The molecule has 182 valence electrons. The van der Waals surface area contributed by atoms with Crippen LogP contribution in [0, 0.1) is 0 Å². The van der Waals surface area contributed by atoms with Crippen molar-refractivity contribution in [3.8, 4) is 16.9 Å². The third-order valence-electron chi connectivity index (χ3n) is 5.34. The molecule has 10 heteroatoms. The van der Waals surface area contributed by atoms with Gasteiger partial charge in [-0.25, -0.2) is 0 Å². The molecule has 35 heavy (non-hydrogen) atoms. The smallest absolute Gasteiger partial charge is 0.387 e. The zero-order valence-electron chi connectivity index (χ0n) is 18.7. The summed E-state index contributed by atoms with van der Waals surface area (Å²) in [5.74, 6) is -1.10. The zero-order chi connectivity index (χ0) is 24.6. The van der Waals surface area contributed by atoms with E-state index in [1.165, 1.54) is 18.2 Å². The van der Waals surface area contributed by atoms with Crippen molar-refractivity contribution in [1.82, 2.24) is 9.88 Å². The number of pyridine rings is 1. The summed E-state index contributed by atoms with van der Waals surface area (Å²) >= 11 is 0. The second-order valence-corrected chi connectivity index (χ2v) is 7.80. The third kappa shape index (κ3) is 6.81. The Hall–Kier alpha value is -3.89. The number of halogens is 2. The molecule has 0 atom stereocenters. The van der Waals surface area contributed by atoms with E-state index in [1.807, 2.05) is 29.2 Å². The number of aromatic nitrogens is 1. The molecule has 1 aliphatic rings. The lowest BCUT2D eigenvalue weighted by Gasteiger charge is -2.26. The highest BCUT2D eigenvalue weighted by atomic mass is 19.3. The predicted octanol–water partition coefficient (Wildman–Crippen LogP) is 3.87. The first-order valence-corrected chi connectivity index (χ1v) is 11.0. The molecule has 0 unspecified atom stereocenters. The third-order valence-corrected chi connectivity index (χ3v) is 5.34. The molecule has 1 aromatic heterocycles. The number of amides is 2. The lowest BCUT2D eigenvalue weighted by Crippen LogP contribution is -2.41. The largest absolute Gasteiger partial charge is 0.433 e. The number of anilines is 2. The SMILES string of the molecule is O=C(CN1CCOCC1)Nc1cc(C(=O)Nc2ccc(-c3cccnc3)cc2)ccc1OC(F)F. The number of hydrogen-bond donors (Lipinski definition) is 2. The number of carbonyl (C=O) groups is 2. The summed E-state index contributed by atoms with van der Waals surface area (Å²) in [5.41, 5.74) is 2.59. The van der Waals surface area contributed by atoms with E-state index in [0.717, 1.165) is 11.1 Å². The predicted molar refractivity (Wildman–Crippen MR) is 127 cm³/mol. The van der Waals surface area contributed by atoms with Crippen LogP contribution in [0.15, 0.2) is 67.0 Å². The highest BCUT2D eigenvalue weighted by molar-refractivity contribution is 6.06. The van der Waals surface area contributed by atoms with Crippen molar-refractivity contribution in [3.63, 3.8) is 0 Å². The van der Waals surface area contributed by atoms with Crippen LogP contribution in [-0.2, 0) is 9.53 Å². The van der Waals surface area contributed by atoms with E-state index in [4.69, 9.17) is 4.74 Å². The van der Waals surface area contributed by atoms with Crippen molar-refractivity contribution in [3.05, 3.63) is 72.6 Å². The van der Waals surface area contributed by atoms with E-state index < -0.39 is 18.4 Å². The first kappa shape index (κ1) is 24.2. The maximum absolute atomic E-state index is 12.9. The number of ether oxygens (including phenoxy) is 2. The van der Waals surface area contributed by atoms with Crippen LogP contribution in [0.5, 0.6) is 5.75 Å². The summed E-state index contributed by atoms with van der Waals surface area (Å²) in [7, 11) is 0. The van der Waals surface area contributed by atoms with Gasteiger partial charge in [-0.1, -0.05) is 18.2 Å². The van der Waals surface area contributed by atoms with Gasteiger partial charge in [0.15, 0.2) is 0 Å². The van der Waals surface area contributed by atoms with E-state index in [2.05, 4.69) is 20.4 Å². The Morgan fingerprint density at radius 1 is 1.03 bits per heavy atom. The number of alkyl halides is 2. The van der Waals surface area contributed by atoms with Crippen LogP contribution in [0.2, 0.25) is 0 Å². The van der Waals surface area contributed by atoms with Crippen LogP contribution in [0.1, 0.15) is 10.4 Å². The monoisotopic (exact) mass is 482 g/mol. The molecule has 0 aliphatic carbocycles. The minimum absolute atomic E-state index is 0.0110. The molecule has 0 saturated carbocycles. The molecule has 8 nitrogen and oxygen atoms in total. The van der Waals surface area contributed by atoms with Gasteiger partial charge in [0.1, 0.15) is 5.75 Å². The first-order valence-electron chi connectivity index (χ1n) is 11.0. The van der Waals surface area contributed by atoms with Gasteiger partial charge in [0.2, 0.25) is 5.91 Å². The minimum Gasteiger partial charge on any atom is -0.433 e. The van der Waals surface area contributed by atoms with Crippen molar-refractivity contribution in [2.24, 2.45) is 0 Å². The zero-order valence-corrected chi connectivity index (χ0v) is 18.7. The number of carbonyl (C=O) groups excluding carboxylic acids is 2. The topological polar surface area (TPSA) is 92.8 Å². The molecular weight excluding hydrogens is 458 g/mol. The molecule has 2 N–H and O–H groups in total. The van der Waals surface area contributed by atoms with Gasteiger partial charge in [0, 0.05) is 36.7 Å². The Kier molecular flexibility index (Phi) is 7.96. The average molecular weight is 482 g/mol. The highest BCUT2D eigenvalue weighted by Gasteiger charge is 2.18. The Morgan fingerprint density at radius 2 is 1.80 bits per heavy atom. The minimum atomic E-state index is -3.08. The Labute approximate surface area is 200 Å². The Balaban J connectivity index is 1.46. The number of nitrogens with one attached hydrogen (secondary N) is 2. The Bertz CT molecular complexity index is 1150. The van der Waals surface area contributed by atoms with Gasteiger partial charge in [0.25, 0.3) is 5.91 Å². The van der Waals surface area contributed by atoms with Gasteiger partial charge in [-0.15, -0.1) is 0 Å². The molecule has 2 heterocycles. The van der Waals surface area contributed by atoms with E-state index >= 15 is 0 Å². The van der Waals surface area contributed by atoms with Gasteiger partial charge in [-0.2, -0.15) is 8.78 Å². The fraction of sp³-hybridized carbons (Fsp3) is 0.240. The standard InChI is InChI=1S/C25H24F2N4O4/c26-25(27)35-22-8-5-18(14-21(22)30-23(32)16-31-10-12-34-13-11-31)24(33)29-20-6-3-17(4-7-20)19-2-1-9-28-15-19/h1-9,14-15,25H,10-13,16H2,(H,29,33)(H,30,32). The van der Waals surface area contributed by atoms with Crippen LogP contribution >= 0.6 is 0 Å². The van der Waals surface area contributed by atoms with Crippen molar-refractivity contribution in [1.29, 1.82) is 0 Å². The molecule has 0 radical (unpaired) electrons. The second-order valence-electron chi connectivity index (χ2n) is 7.80. The fourth-order valence-electron chi connectivity index (χ4n) is 3.60. The molecule has 2 aromatic carbocycles. The van der Waals surface area contributed by atoms with E-state index in [-0.39, 0.29) is 23.5 Å². The molecule has 1 saturated heterocycles. The summed E-state index contributed by atoms with van der Waals surface area (Å²) < 4.78 is 35.5. The van der Waals surface area contributed by atoms with Gasteiger partial charge < -0.3 is 20.1 Å². The van der Waals surface area contributed by atoms with Crippen LogP contribution in [0.25, 0.3) is 11.1 Å². The first-order chi connectivity index (χ1) is 17.0. The van der Waals surface area contributed by atoms with Gasteiger partial charge in [-0.05, 0) is 47.5 Å². The summed E-state index contributed by atoms with van der Waals surface area (Å²) in [6, 6.07) is 14.9. The van der Waals surface area contributed by atoms with Crippen molar-refractivity contribution in [2.45, 2.75) is 6.61 Å². The van der Waals surface area contributed by atoms with Gasteiger partial charge in [-0.3, -0.25) is 19.5 Å². The van der Waals surface area contributed by atoms with Crippen LogP contribution < -0.4 is 15.4 Å². The maximum atomic E-state index is 12.9.